The minimum Gasteiger partial charge on any atom is -0.381 e. The standard InChI is InChI=1S/C10H13ClN2O/c1-7-12-6-9(10(11)13-7)8-2-4-14-5-3-8/h6,8H,2-5H2,1H3. The summed E-state index contributed by atoms with van der Waals surface area (Å²) in [6.45, 7) is 3.48. The first-order valence-electron chi connectivity index (χ1n) is 4.84. The zero-order valence-electron chi connectivity index (χ0n) is 8.16. The van der Waals surface area contributed by atoms with E-state index in [4.69, 9.17) is 16.3 Å². The molecule has 1 aromatic rings. The van der Waals surface area contributed by atoms with Gasteiger partial charge in [-0.1, -0.05) is 11.6 Å². The van der Waals surface area contributed by atoms with Crippen LogP contribution in [-0.2, 0) is 4.74 Å². The first-order valence-corrected chi connectivity index (χ1v) is 5.22. The fourth-order valence-corrected chi connectivity index (χ4v) is 2.06. The fourth-order valence-electron chi connectivity index (χ4n) is 1.73. The van der Waals surface area contributed by atoms with E-state index in [9.17, 15) is 0 Å². The molecule has 0 N–H and O–H groups in total. The van der Waals surface area contributed by atoms with Gasteiger partial charge in [-0.15, -0.1) is 0 Å². The molecule has 1 aliphatic heterocycles. The van der Waals surface area contributed by atoms with Gasteiger partial charge in [-0.05, 0) is 25.7 Å². The van der Waals surface area contributed by atoms with E-state index in [2.05, 4.69) is 9.97 Å². The third-order valence-electron chi connectivity index (χ3n) is 2.55. The maximum absolute atomic E-state index is 6.07. The van der Waals surface area contributed by atoms with Crippen LogP contribution in [0.3, 0.4) is 0 Å². The van der Waals surface area contributed by atoms with E-state index >= 15 is 0 Å². The number of nitrogens with zero attached hydrogens (tertiary/aromatic N) is 2. The third kappa shape index (κ3) is 2.04. The zero-order valence-corrected chi connectivity index (χ0v) is 8.92. The maximum Gasteiger partial charge on any atom is 0.136 e. The molecule has 0 unspecified atom stereocenters. The molecule has 1 fully saturated rings. The van der Waals surface area contributed by atoms with Gasteiger partial charge in [-0.25, -0.2) is 9.97 Å². The number of aromatic nitrogens is 2. The molecule has 1 aliphatic rings. The van der Waals surface area contributed by atoms with Crippen molar-refractivity contribution < 1.29 is 4.74 Å². The van der Waals surface area contributed by atoms with Crippen LogP contribution >= 0.6 is 11.6 Å². The van der Waals surface area contributed by atoms with E-state index in [-0.39, 0.29) is 0 Å². The molecule has 0 radical (unpaired) electrons. The van der Waals surface area contributed by atoms with Crippen molar-refractivity contribution in [3.8, 4) is 0 Å². The van der Waals surface area contributed by atoms with E-state index in [1.165, 1.54) is 0 Å². The Kier molecular flexibility index (Phi) is 2.99. The van der Waals surface area contributed by atoms with Gasteiger partial charge in [0.25, 0.3) is 0 Å². The van der Waals surface area contributed by atoms with Crippen LogP contribution in [0.1, 0.15) is 30.1 Å². The summed E-state index contributed by atoms with van der Waals surface area (Å²) in [6, 6.07) is 0. The molecule has 0 atom stereocenters. The van der Waals surface area contributed by atoms with Crippen molar-refractivity contribution in [2.45, 2.75) is 25.7 Å². The summed E-state index contributed by atoms with van der Waals surface area (Å²) in [7, 11) is 0. The molecule has 0 saturated carbocycles. The monoisotopic (exact) mass is 212 g/mol. The molecule has 76 valence electrons. The van der Waals surface area contributed by atoms with Crippen LogP contribution in [0.15, 0.2) is 6.20 Å². The van der Waals surface area contributed by atoms with Gasteiger partial charge in [-0.2, -0.15) is 0 Å². The number of aryl methyl sites for hydroxylation is 1. The van der Waals surface area contributed by atoms with Crippen molar-refractivity contribution in [1.82, 2.24) is 9.97 Å². The zero-order chi connectivity index (χ0) is 9.97. The number of rotatable bonds is 1. The smallest absolute Gasteiger partial charge is 0.136 e. The van der Waals surface area contributed by atoms with Gasteiger partial charge >= 0.3 is 0 Å². The molecule has 0 aromatic carbocycles. The minimum absolute atomic E-state index is 0.469. The lowest BCUT2D eigenvalue weighted by Crippen LogP contribution is -2.15. The van der Waals surface area contributed by atoms with Crippen LogP contribution in [0.25, 0.3) is 0 Å². The number of hydrogen-bond donors (Lipinski definition) is 0. The molecule has 14 heavy (non-hydrogen) atoms. The largest absolute Gasteiger partial charge is 0.381 e. The van der Waals surface area contributed by atoms with Crippen molar-refractivity contribution in [1.29, 1.82) is 0 Å². The quantitative estimate of drug-likeness (QED) is 0.671. The van der Waals surface area contributed by atoms with E-state index in [0.717, 1.165) is 37.4 Å². The molecule has 4 heteroatoms. The van der Waals surface area contributed by atoms with Crippen molar-refractivity contribution in [3.63, 3.8) is 0 Å². The first kappa shape index (κ1) is 9.87. The molecular formula is C10H13ClN2O. The number of halogens is 1. The Balaban J connectivity index is 2.22. The Labute approximate surface area is 88.5 Å². The molecule has 0 bridgehead atoms. The minimum atomic E-state index is 0.469. The first-order chi connectivity index (χ1) is 6.77. The number of hydrogen-bond acceptors (Lipinski definition) is 3. The molecule has 1 saturated heterocycles. The van der Waals surface area contributed by atoms with Gasteiger partial charge in [-0.3, -0.25) is 0 Å². The molecule has 2 rings (SSSR count). The summed E-state index contributed by atoms with van der Waals surface area (Å²) in [5.74, 6) is 1.20. The average Bonchev–Trinajstić information content (AvgIpc) is 2.19. The fraction of sp³-hybridized carbons (Fsp3) is 0.600. The topological polar surface area (TPSA) is 35.0 Å². The second kappa shape index (κ2) is 4.24. The summed E-state index contributed by atoms with van der Waals surface area (Å²) >= 11 is 6.07. The van der Waals surface area contributed by atoms with Crippen LogP contribution in [0.5, 0.6) is 0 Å². The van der Waals surface area contributed by atoms with E-state index < -0.39 is 0 Å². The molecule has 3 nitrogen and oxygen atoms in total. The lowest BCUT2D eigenvalue weighted by atomic mass is 9.94. The highest BCUT2D eigenvalue weighted by Crippen LogP contribution is 2.30. The Morgan fingerprint density at radius 3 is 2.79 bits per heavy atom. The molecule has 1 aromatic heterocycles. The summed E-state index contributed by atoms with van der Waals surface area (Å²) in [5.41, 5.74) is 1.07. The highest BCUT2D eigenvalue weighted by molar-refractivity contribution is 6.30. The van der Waals surface area contributed by atoms with Crippen molar-refractivity contribution in [2.24, 2.45) is 0 Å². The molecule has 0 aliphatic carbocycles. The van der Waals surface area contributed by atoms with Gasteiger partial charge in [0, 0.05) is 25.0 Å². The number of ether oxygens (including phenoxy) is 1. The summed E-state index contributed by atoms with van der Waals surface area (Å²) < 4.78 is 5.30. The maximum atomic E-state index is 6.07. The molecule has 2 heterocycles. The SMILES string of the molecule is Cc1ncc(C2CCOCC2)c(Cl)n1. The van der Waals surface area contributed by atoms with Crippen LogP contribution in [0.2, 0.25) is 5.15 Å². The van der Waals surface area contributed by atoms with Gasteiger partial charge in [0.2, 0.25) is 0 Å². The predicted octanol–water partition coefficient (Wildman–Crippen LogP) is 2.33. The second-order valence-corrected chi connectivity index (χ2v) is 3.91. The third-order valence-corrected chi connectivity index (χ3v) is 2.85. The lowest BCUT2D eigenvalue weighted by Gasteiger charge is -2.22. The highest BCUT2D eigenvalue weighted by Gasteiger charge is 2.19. The normalized spacial score (nSPS) is 18.4. The molecular weight excluding hydrogens is 200 g/mol. The van der Waals surface area contributed by atoms with Crippen molar-refractivity contribution in [3.05, 3.63) is 22.7 Å². The average molecular weight is 213 g/mol. The van der Waals surface area contributed by atoms with E-state index in [1.807, 2.05) is 13.1 Å². The highest BCUT2D eigenvalue weighted by atomic mass is 35.5. The Morgan fingerprint density at radius 2 is 2.14 bits per heavy atom. The van der Waals surface area contributed by atoms with E-state index in [0.29, 0.717) is 11.1 Å². The van der Waals surface area contributed by atoms with Crippen molar-refractivity contribution >= 4 is 11.6 Å². The molecule has 0 spiro atoms. The van der Waals surface area contributed by atoms with Gasteiger partial charge in [0.05, 0.1) is 0 Å². The Morgan fingerprint density at radius 1 is 1.43 bits per heavy atom. The van der Waals surface area contributed by atoms with Crippen LogP contribution in [0, 0.1) is 6.92 Å². The molecule has 0 amide bonds. The van der Waals surface area contributed by atoms with Crippen molar-refractivity contribution in [2.75, 3.05) is 13.2 Å². The van der Waals surface area contributed by atoms with Gasteiger partial charge < -0.3 is 4.74 Å². The van der Waals surface area contributed by atoms with Gasteiger partial charge in [0.15, 0.2) is 0 Å². The Bertz CT molecular complexity index is 324. The Hall–Kier alpha value is -0.670. The van der Waals surface area contributed by atoms with Crippen LogP contribution in [0.4, 0.5) is 0 Å². The summed E-state index contributed by atoms with van der Waals surface area (Å²) in [4.78, 5) is 8.34. The van der Waals surface area contributed by atoms with Gasteiger partial charge in [0.1, 0.15) is 11.0 Å². The lowest BCUT2D eigenvalue weighted by molar-refractivity contribution is 0.0852. The summed E-state index contributed by atoms with van der Waals surface area (Å²) in [5, 5.41) is 0.601. The van der Waals surface area contributed by atoms with Crippen LogP contribution < -0.4 is 0 Å². The summed E-state index contributed by atoms with van der Waals surface area (Å²) in [6.07, 6.45) is 3.89. The van der Waals surface area contributed by atoms with E-state index in [1.54, 1.807) is 0 Å². The predicted molar refractivity (Wildman–Crippen MR) is 54.6 cm³/mol. The van der Waals surface area contributed by atoms with Crippen LogP contribution in [-0.4, -0.2) is 23.2 Å². The second-order valence-electron chi connectivity index (χ2n) is 3.55.